The molecule has 6 heteroatoms. The van der Waals surface area contributed by atoms with Crippen LogP contribution in [0.4, 0.5) is 5.69 Å². The normalized spacial score (nSPS) is 14.7. The van der Waals surface area contributed by atoms with Crippen molar-refractivity contribution in [2.45, 2.75) is 30.0 Å². The first-order valence-corrected chi connectivity index (χ1v) is 7.37. The van der Waals surface area contributed by atoms with Crippen molar-refractivity contribution < 1.29 is 9.53 Å². The van der Waals surface area contributed by atoms with E-state index in [-0.39, 0.29) is 5.91 Å². The summed E-state index contributed by atoms with van der Waals surface area (Å²) in [6.07, 6.45) is 2.15. The minimum atomic E-state index is -0.0729. The highest BCUT2D eigenvalue weighted by Gasteiger charge is 2.27. The van der Waals surface area contributed by atoms with Crippen LogP contribution in [-0.4, -0.2) is 24.8 Å². The summed E-state index contributed by atoms with van der Waals surface area (Å²) in [4.78, 5) is 12.5. The average Bonchev–Trinajstić information content (AvgIpc) is 3.04. The van der Waals surface area contributed by atoms with Crippen molar-refractivity contribution in [2.75, 3.05) is 18.6 Å². The fourth-order valence-corrected chi connectivity index (χ4v) is 3.73. The summed E-state index contributed by atoms with van der Waals surface area (Å²) in [6.45, 7) is 2.06. The van der Waals surface area contributed by atoms with Gasteiger partial charge in [0.05, 0.1) is 12.8 Å². The smallest absolute Gasteiger partial charge is 0.263 e. The van der Waals surface area contributed by atoms with E-state index in [1.165, 1.54) is 11.3 Å². The van der Waals surface area contributed by atoms with E-state index >= 15 is 0 Å². The van der Waals surface area contributed by atoms with Gasteiger partial charge in [0, 0.05) is 6.04 Å². The van der Waals surface area contributed by atoms with E-state index in [4.69, 9.17) is 10.5 Å². The molecule has 1 heterocycles. The third kappa shape index (κ3) is 2.69. The molecule has 0 aliphatic heterocycles. The predicted octanol–water partition coefficient (Wildman–Crippen LogP) is 2.34. The molecule has 1 amide bonds. The van der Waals surface area contributed by atoms with Crippen LogP contribution in [0.25, 0.3) is 0 Å². The maximum absolute atomic E-state index is 12.0. The molecule has 94 valence electrons. The van der Waals surface area contributed by atoms with Crippen LogP contribution in [-0.2, 0) is 0 Å². The summed E-state index contributed by atoms with van der Waals surface area (Å²) in [5.74, 6) is 1.50. The number of methoxy groups -OCH3 is 1. The Balaban J connectivity index is 2.23. The maximum atomic E-state index is 12.0. The molecule has 1 saturated carbocycles. The highest BCUT2D eigenvalue weighted by atomic mass is 32.2. The van der Waals surface area contributed by atoms with Gasteiger partial charge in [0.1, 0.15) is 9.09 Å². The molecule has 3 N–H and O–H groups in total. The second-order valence-corrected chi connectivity index (χ2v) is 6.40. The van der Waals surface area contributed by atoms with E-state index in [1.807, 2.05) is 0 Å². The molecule has 0 bridgehead atoms. The number of hydrogen-bond donors (Lipinski definition) is 2. The maximum Gasteiger partial charge on any atom is 0.263 e. The molecule has 17 heavy (non-hydrogen) atoms. The number of thiophene rings is 1. The van der Waals surface area contributed by atoms with E-state index in [9.17, 15) is 4.79 Å². The van der Waals surface area contributed by atoms with Gasteiger partial charge in [0.25, 0.3) is 5.91 Å². The highest BCUT2D eigenvalue weighted by Crippen LogP contribution is 2.44. The lowest BCUT2D eigenvalue weighted by atomic mass is 10.3. The number of carbonyl (C=O) groups excluding carboxylic acids is 1. The van der Waals surface area contributed by atoms with Crippen LogP contribution in [0.2, 0.25) is 0 Å². The molecule has 0 saturated heterocycles. The van der Waals surface area contributed by atoms with Gasteiger partial charge in [-0.3, -0.25) is 4.79 Å². The first-order valence-electron chi connectivity index (χ1n) is 5.57. The Morgan fingerprint density at radius 2 is 2.35 bits per heavy atom. The van der Waals surface area contributed by atoms with Crippen molar-refractivity contribution in [1.82, 2.24) is 5.32 Å². The standard InChI is InChI=1S/C11H16N2O2S2/c1-3-16-11-8(15-2)7(12)9(17-11)10(14)13-6-4-5-6/h6H,3-5,12H2,1-2H3,(H,13,14). The Bertz CT molecular complexity index is 427. The number of anilines is 1. The molecule has 2 rings (SSSR count). The number of carbonyl (C=O) groups is 1. The van der Waals surface area contributed by atoms with E-state index < -0.39 is 0 Å². The number of nitrogens with one attached hydrogen (secondary N) is 1. The Morgan fingerprint density at radius 1 is 1.65 bits per heavy atom. The Hall–Kier alpha value is -0.880. The average molecular weight is 272 g/mol. The summed E-state index contributed by atoms with van der Waals surface area (Å²) < 4.78 is 6.24. The quantitative estimate of drug-likeness (QED) is 0.808. The summed E-state index contributed by atoms with van der Waals surface area (Å²) >= 11 is 3.06. The highest BCUT2D eigenvalue weighted by molar-refractivity contribution is 8.01. The topological polar surface area (TPSA) is 64.4 Å². The number of rotatable bonds is 5. The van der Waals surface area contributed by atoms with Gasteiger partial charge in [0.15, 0.2) is 5.75 Å². The van der Waals surface area contributed by atoms with Crippen molar-refractivity contribution in [3.8, 4) is 5.75 Å². The zero-order chi connectivity index (χ0) is 12.4. The number of nitrogen functional groups attached to an aromatic ring is 1. The summed E-state index contributed by atoms with van der Waals surface area (Å²) in [6, 6.07) is 0.345. The van der Waals surface area contributed by atoms with Gasteiger partial charge in [-0.05, 0) is 18.6 Å². The third-order valence-corrected chi connectivity index (χ3v) is 4.79. The molecule has 1 aliphatic rings. The monoisotopic (exact) mass is 272 g/mol. The summed E-state index contributed by atoms with van der Waals surface area (Å²) in [7, 11) is 1.58. The van der Waals surface area contributed by atoms with Crippen LogP contribution in [0.1, 0.15) is 29.4 Å². The summed E-state index contributed by atoms with van der Waals surface area (Å²) in [5.41, 5.74) is 6.42. The molecule has 1 aromatic heterocycles. The van der Waals surface area contributed by atoms with Crippen molar-refractivity contribution in [3.63, 3.8) is 0 Å². The minimum absolute atomic E-state index is 0.0729. The first kappa shape index (κ1) is 12.6. The number of thioether (sulfide) groups is 1. The molecule has 0 atom stereocenters. The van der Waals surface area contributed by atoms with E-state index in [0.717, 1.165) is 22.8 Å². The molecule has 4 nitrogen and oxygen atoms in total. The van der Waals surface area contributed by atoms with Crippen LogP contribution in [0.15, 0.2) is 4.21 Å². The minimum Gasteiger partial charge on any atom is -0.492 e. The van der Waals surface area contributed by atoms with Crippen molar-refractivity contribution >= 4 is 34.7 Å². The fraction of sp³-hybridized carbons (Fsp3) is 0.545. The Kier molecular flexibility index (Phi) is 3.83. The van der Waals surface area contributed by atoms with E-state index in [1.54, 1.807) is 18.9 Å². The third-order valence-electron chi connectivity index (χ3n) is 2.47. The molecular formula is C11H16N2O2S2. The Labute approximate surface area is 109 Å². The number of hydrogen-bond acceptors (Lipinski definition) is 5. The van der Waals surface area contributed by atoms with Crippen LogP contribution in [0, 0.1) is 0 Å². The summed E-state index contributed by atoms with van der Waals surface area (Å²) in [5, 5.41) is 2.94. The second-order valence-electron chi connectivity index (χ2n) is 3.85. The lowest BCUT2D eigenvalue weighted by Crippen LogP contribution is -2.25. The molecule has 0 radical (unpaired) electrons. The zero-order valence-electron chi connectivity index (χ0n) is 9.91. The van der Waals surface area contributed by atoms with Gasteiger partial charge in [-0.15, -0.1) is 23.1 Å². The molecule has 0 aromatic carbocycles. The Morgan fingerprint density at radius 3 is 2.88 bits per heavy atom. The van der Waals surface area contributed by atoms with Crippen molar-refractivity contribution in [1.29, 1.82) is 0 Å². The SMILES string of the molecule is CCSc1sc(C(=O)NC2CC2)c(N)c1OC. The number of nitrogens with two attached hydrogens (primary N) is 1. The van der Waals surface area contributed by atoms with E-state index in [0.29, 0.717) is 22.4 Å². The van der Waals surface area contributed by atoms with Gasteiger partial charge in [-0.1, -0.05) is 6.92 Å². The van der Waals surface area contributed by atoms with Gasteiger partial charge >= 0.3 is 0 Å². The lowest BCUT2D eigenvalue weighted by molar-refractivity contribution is 0.0956. The lowest BCUT2D eigenvalue weighted by Gasteiger charge is -2.02. The molecule has 0 spiro atoms. The van der Waals surface area contributed by atoms with Crippen LogP contribution in [0.5, 0.6) is 5.75 Å². The van der Waals surface area contributed by atoms with Crippen LogP contribution >= 0.6 is 23.1 Å². The molecular weight excluding hydrogens is 256 g/mol. The van der Waals surface area contributed by atoms with Gasteiger partial charge in [-0.25, -0.2) is 0 Å². The molecule has 0 unspecified atom stereocenters. The van der Waals surface area contributed by atoms with Crippen LogP contribution < -0.4 is 15.8 Å². The molecule has 1 fully saturated rings. The van der Waals surface area contributed by atoms with Gasteiger partial charge < -0.3 is 15.8 Å². The van der Waals surface area contributed by atoms with Crippen molar-refractivity contribution in [2.24, 2.45) is 0 Å². The number of amides is 1. The molecule has 1 aromatic rings. The number of ether oxygens (including phenoxy) is 1. The van der Waals surface area contributed by atoms with Crippen molar-refractivity contribution in [3.05, 3.63) is 4.88 Å². The zero-order valence-corrected chi connectivity index (χ0v) is 11.5. The largest absolute Gasteiger partial charge is 0.492 e. The van der Waals surface area contributed by atoms with E-state index in [2.05, 4.69) is 12.2 Å². The predicted molar refractivity (Wildman–Crippen MR) is 72.2 cm³/mol. The van der Waals surface area contributed by atoms with Crippen LogP contribution in [0.3, 0.4) is 0 Å². The van der Waals surface area contributed by atoms with Gasteiger partial charge in [0.2, 0.25) is 0 Å². The fourth-order valence-electron chi connectivity index (χ4n) is 1.47. The first-order chi connectivity index (χ1) is 8.17. The molecule has 1 aliphatic carbocycles. The second kappa shape index (κ2) is 5.18. The van der Waals surface area contributed by atoms with Gasteiger partial charge in [-0.2, -0.15) is 0 Å².